The molecular weight excluding hydrogens is 617 g/mol. The second-order valence-electron chi connectivity index (χ2n) is 14.2. The number of allylic oxidation sites excluding steroid dienone is 9. The number of rotatable bonds is 5. The van der Waals surface area contributed by atoms with Gasteiger partial charge in [0.15, 0.2) is 0 Å². The maximum atomic E-state index is 2.59. The third-order valence-corrected chi connectivity index (χ3v) is 10.8. The molecule has 2 aliphatic carbocycles. The average Bonchev–Trinajstić information content (AvgIpc) is 3.51. The zero-order chi connectivity index (χ0) is 34.3. The Balaban J connectivity index is 1.13. The van der Waals surface area contributed by atoms with Gasteiger partial charge in [-0.15, -0.1) is 0 Å². The Morgan fingerprint density at radius 3 is 2.27 bits per heavy atom. The lowest BCUT2D eigenvalue weighted by Gasteiger charge is -2.35. The maximum Gasteiger partial charge on any atom is 0.0541 e. The molecule has 0 radical (unpaired) electrons. The molecule has 2 heteroatoms. The van der Waals surface area contributed by atoms with E-state index in [9.17, 15) is 0 Å². The minimum Gasteiger partial charge on any atom is -0.360 e. The van der Waals surface area contributed by atoms with Gasteiger partial charge in [0.1, 0.15) is 0 Å². The molecule has 3 aliphatic rings. The minimum atomic E-state index is 0.259. The van der Waals surface area contributed by atoms with E-state index in [0.29, 0.717) is 5.92 Å². The van der Waals surface area contributed by atoms with Crippen molar-refractivity contribution in [2.24, 2.45) is 5.92 Å². The second kappa shape index (κ2) is 13.1. The van der Waals surface area contributed by atoms with Crippen LogP contribution >= 0.6 is 0 Å². The number of benzene rings is 5. The number of anilines is 1. The molecule has 0 saturated carbocycles. The standard InChI is InChI=1S/C49H42N2/c1-34-22-24-37(25-23-34)39-15-11-17-43(32-39)51-48-21-9-7-19-45(48)46-33-40(26-27-49(46)51)41-28-29-50(47-20-8-6-18-44(47)35(2)30-41)42-16-10-14-38(31-42)36-12-4-3-5-13-36/h3-15,17-22,24-28,30-34,42H,16,23,29H2,1-2H3/b35-30+,41-28+. The van der Waals surface area contributed by atoms with Crippen molar-refractivity contribution >= 4 is 49.8 Å². The van der Waals surface area contributed by atoms with Gasteiger partial charge in [0.05, 0.1) is 17.1 Å². The van der Waals surface area contributed by atoms with Crippen LogP contribution in [0.2, 0.25) is 0 Å². The van der Waals surface area contributed by atoms with Gasteiger partial charge >= 0.3 is 0 Å². The predicted molar refractivity (Wildman–Crippen MR) is 219 cm³/mol. The van der Waals surface area contributed by atoms with E-state index < -0.39 is 0 Å². The van der Waals surface area contributed by atoms with E-state index >= 15 is 0 Å². The van der Waals surface area contributed by atoms with Crippen LogP contribution in [0.1, 0.15) is 48.9 Å². The molecule has 0 N–H and O–H groups in total. The zero-order valence-electron chi connectivity index (χ0n) is 29.3. The first-order valence-electron chi connectivity index (χ1n) is 18.3. The first kappa shape index (κ1) is 31.1. The van der Waals surface area contributed by atoms with Gasteiger partial charge in [-0.1, -0.05) is 140 Å². The molecule has 0 fully saturated rings. The summed E-state index contributed by atoms with van der Waals surface area (Å²) >= 11 is 0. The molecule has 5 aromatic carbocycles. The molecule has 2 unspecified atom stereocenters. The highest BCUT2D eigenvalue weighted by Gasteiger charge is 2.23. The van der Waals surface area contributed by atoms with Crippen molar-refractivity contribution in [3.63, 3.8) is 0 Å². The van der Waals surface area contributed by atoms with Gasteiger partial charge in [0, 0.05) is 34.3 Å². The summed E-state index contributed by atoms with van der Waals surface area (Å²) in [6.45, 7) is 5.36. The topological polar surface area (TPSA) is 8.17 Å². The third-order valence-electron chi connectivity index (χ3n) is 10.8. The number of para-hydroxylation sites is 2. The van der Waals surface area contributed by atoms with Gasteiger partial charge < -0.3 is 9.47 Å². The van der Waals surface area contributed by atoms with E-state index in [1.165, 1.54) is 77.7 Å². The van der Waals surface area contributed by atoms with Gasteiger partial charge in [-0.25, -0.2) is 0 Å². The van der Waals surface area contributed by atoms with Gasteiger partial charge in [0.2, 0.25) is 0 Å². The molecule has 1 aromatic heterocycles. The molecule has 9 rings (SSSR count). The lowest BCUT2D eigenvalue weighted by Crippen LogP contribution is -2.36. The number of hydrogen-bond donors (Lipinski definition) is 0. The highest BCUT2D eigenvalue weighted by molar-refractivity contribution is 6.10. The molecule has 0 spiro atoms. The first-order chi connectivity index (χ1) is 25.1. The number of fused-ring (bicyclic) bond motifs is 4. The Bertz CT molecular complexity index is 2480. The van der Waals surface area contributed by atoms with Crippen LogP contribution in [0.4, 0.5) is 5.69 Å². The lowest BCUT2D eigenvalue weighted by molar-refractivity contribution is 0.725. The summed E-state index contributed by atoms with van der Waals surface area (Å²) in [5, 5.41) is 2.55. The summed E-state index contributed by atoms with van der Waals surface area (Å²) in [5.41, 5.74) is 15.1. The molecular formula is C49H42N2. The van der Waals surface area contributed by atoms with Gasteiger partial charge in [-0.2, -0.15) is 0 Å². The molecule has 51 heavy (non-hydrogen) atoms. The van der Waals surface area contributed by atoms with Crippen molar-refractivity contribution in [3.05, 3.63) is 192 Å². The van der Waals surface area contributed by atoms with Crippen molar-refractivity contribution < 1.29 is 0 Å². The Kier molecular flexibility index (Phi) is 8.01. The predicted octanol–water partition coefficient (Wildman–Crippen LogP) is 12.5. The molecule has 1 aliphatic heterocycles. The van der Waals surface area contributed by atoms with Crippen molar-refractivity contribution in [2.45, 2.75) is 32.7 Å². The van der Waals surface area contributed by atoms with E-state index in [0.717, 1.165) is 19.4 Å². The SMILES string of the molecule is C/C1=C\C(c2ccc3c(c2)c2ccccc2n3-c2cccc(C3=CCC(C)C=C3)c2)=C/CN(C2C=C(c3ccccc3)C=CC2)c2ccccc21. The Morgan fingerprint density at radius 2 is 1.39 bits per heavy atom. The summed E-state index contributed by atoms with van der Waals surface area (Å²) < 4.78 is 2.44. The highest BCUT2D eigenvalue weighted by Crippen LogP contribution is 2.38. The summed E-state index contributed by atoms with van der Waals surface area (Å²) in [6.07, 6.45) is 21.0. The number of aromatic nitrogens is 1. The van der Waals surface area contributed by atoms with Crippen molar-refractivity contribution in [2.75, 3.05) is 11.4 Å². The molecule has 2 atom stereocenters. The quantitative estimate of drug-likeness (QED) is 0.179. The number of nitrogens with zero attached hydrogens (tertiary/aromatic N) is 2. The summed E-state index contributed by atoms with van der Waals surface area (Å²) in [6, 6.07) is 44.9. The van der Waals surface area contributed by atoms with Crippen LogP contribution in [0.15, 0.2) is 170 Å². The fourth-order valence-corrected chi connectivity index (χ4v) is 8.14. The average molecular weight is 659 g/mol. The lowest BCUT2D eigenvalue weighted by atomic mass is 9.92. The van der Waals surface area contributed by atoms with Crippen LogP contribution < -0.4 is 4.90 Å². The molecule has 2 heterocycles. The van der Waals surface area contributed by atoms with Gasteiger partial charge in [0.25, 0.3) is 0 Å². The van der Waals surface area contributed by atoms with Crippen LogP contribution in [-0.4, -0.2) is 17.2 Å². The molecule has 0 amide bonds. The Hall–Kier alpha value is -5.86. The highest BCUT2D eigenvalue weighted by atomic mass is 15.2. The molecule has 2 nitrogen and oxygen atoms in total. The van der Waals surface area contributed by atoms with Gasteiger partial charge in [-0.3, -0.25) is 0 Å². The monoisotopic (exact) mass is 658 g/mol. The summed E-state index contributed by atoms with van der Waals surface area (Å²) in [7, 11) is 0. The van der Waals surface area contributed by atoms with Crippen LogP contribution in [0.3, 0.4) is 0 Å². The molecule has 0 saturated heterocycles. The van der Waals surface area contributed by atoms with E-state index in [1.807, 2.05) is 0 Å². The number of hydrogen-bond acceptors (Lipinski definition) is 1. The van der Waals surface area contributed by atoms with E-state index in [2.05, 4.69) is 193 Å². The van der Waals surface area contributed by atoms with E-state index in [4.69, 9.17) is 0 Å². The normalized spacial score (nSPS) is 20.9. The van der Waals surface area contributed by atoms with Crippen LogP contribution in [0, 0.1) is 5.92 Å². The van der Waals surface area contributed by atoms with Crippen LogP contribution in [-0.2, 0) is 0 Å². The molecule has 6 aromatic rings. The van der Waals surface area contributed by atoms with Crippen LogP contribution in [0.5, 0.6) is 0 Å². The summed E-state index contributed by atoms with van der Waals surface area (Å²) in [5.74, 6) is 0.599. The molecule has 0 bridgehead atoms. The van der Waals surface area contributed by atoms with E-state index in [1.54, 1.807) is 0 Å². The maximum absolute atomic E-state index is 2.59. The molecule has 248 valence electrons. The second-order valence-corrected chi connectivity index (χ2v) is 14.2. The minimum absolute atomic E-state index is 0.259. The Morgan fingerprint density at radius 1 is 0.608 bits per heavy atom. The van der Waals surface area contributed by atoms with Crippen molar-refractivity contribution in [1.82, 2.24) is 4.57 Å². The van der Waals surface area contributed by atoms with Gasteiger partial charge in [-0.05, 0) is 101 Å². The van der Waals surface area contributed by atoms with Crippen molar-refractivity contribution in [3.8, 4) is 5.69 Å². The zero-order valence-corrected chi connectivity index (χ0v) is 29.3. The van der Waals surface area contributed by atoms with Crippen molar-refractivity contribution in [1.29, 1.82) is 0 Å². The largest absolute Gasteiger partial charge is 0.360 e. The smallest absolute Gasteiger partial charge is 0.0541 e. The van der Waals surface area contributed by atoms with E-state index in [-0.39, 0.29) is 6.04 Å². The summed E-state index contributed by atoms with van der Waals surface area (Å²) in [4.78, 5) is 2.59. The first-order valence-corrected chi connectivity index (χ1v) is 18.3. The fraction of sp³-hybridized carbons (Fsp3) is 0.143. The fourth-order valence-electron chi connectivity index (χ4n) is 8.14. The Labute approximate surface area is 301 Å². The van der Waals surface area contributed by atoms with Crippen LogP contribution in [0.25, 0.3) is 49.8 Å². The third kappa shape index (κ3) is 5.81.